The Hall–Kier alpha value is -2.00. The van der Waals surface area contributed by atoms with Crippen molar-refractivity contribution in [3.8, 4) is 5.75 Å². The molecule has 0 aliphatic heterocycles. The average Bonchev–Trinajstić information content (AvgIpc) is 2.53. The van der Waals surface area contributed by atoms with Gasteiger partial charge in [-0.3, -0.25) is 4.79 Å². The first kappa shape index (κ1) is 16.4. The SMILES string of the molecule is CC[C@@H](C)c1ccc(NC(=O)COc2cccc(Cl)c2)cc1. The predicted octanol–water partition coefficient (Wildman–Crippen LogP) is 4.87. The maximum Gasteiger partial charge on any atom is 0.262 e. The van der Waals surface area contributed by atoms with E-state index in [-0.39, 0.29) is 12.5 Å². The van der Waals surface area contributed by atoms with Crippen molar-refractivity contribution >= 4 is 23.2 Å². The van der Waals surface area contributed by atoms with Crippen LogP contribution in [0.5, 0.6) is 5.75 Å². The maximum absolute atomic E-state index is 11.9. The average molecular weight is 318 g/mol. The van der Waals surface area contributed by atoms with Gasteiger partial charge in [0.1, 0.15) is 5.75 Å². The Kier molecular flexibility index (Phi) is 5.84. The monoisotopic (exact) mass is 317 g/mol. The van der Waals surface area contributed by atoms with Gasteiger partial charge in [0.25, 0.3) is 5.91 Å². The summed E-state index contributed by atoms with van der Waals surface area (Å²) in [6.07, 6.45) is 1.10. The molecule has 0 fully saturated rings. The lowest BCUT2D eigenvalue weighted by atomic mass is 9.99. The van der Waals surface area contributed by atoms with Crippen LogP contribution in [0, 0.1) is 0 Å². The van der Waals surface area contributed by atoms with Crippen molar-refractivity contribution in [2.24, 2.45) is 0 Å². The highest BCUT2D eigenvalue weighted by molar-refractivity contribution is 6.30. The van der Waals surface area contributed by atoms with Gasteiger partial charge in [0, 0.05) is 10.7 Å². The summed E-state index contributed by atoms with van der Waals surface area (Å²) in [5.41, 5.74) is 2.04. The van der Waals surface area contributed by atoms with E-state index >= 15 is 0 Å². The Morgan fingerprint density at radius 3 is 2.59 bits per heavy atom. The van der Waals surface area contributed by atoms with Crippen LogP contribution in [-0.2, 0) is 4.79 Å². The molecule has 1 atom stereocenters. The fraction of sp³-hybridized carbons (Fsp3) is 0.278. The van der Waals surface area contributed by atoms with Crippen molar-refractivity contribution in [2.45, 2.75) is 26.2 Å². The lowest BCUT2D eigenvalue weighted by Crippen LogP contribution is -2.20. The van der Waals surface area contributed by atoms with Crippen molar-refractivity contribution in [1.82, 2.24) is 0 Å². The molecule has 0 saturated carbocycles. The maximum atomic E-state index is 11.9. The Labute approximate surface area is 136 Å². The summed E-state index contributed by atoms with van der Waals surface area (Å²) in [7, 11) is 0. The van der Waals surface area contributed by atoms with E-state index in [9.17, 15) is 4.79 Å². The summed E-state index contributed by atoms with van der Waals surface area (Å²) in [5.74, 6) is 0.905. The highest BCUT2D eigenvalue weighted by Gasteiger charge is 2.06. The molecule has 0 aliphatic carbocycles. The van der Waals surface area contributed by atoms with Gasteiger partial charge in [-0.15, -0.1) is 0 Å². The number of ether oxygens (including phenoxy) is 1. The van der Waals surface area contributed by atoms with Crippen molar-refractivity contribution in [2.75, 3.05) is 11.9 Å². The summed E-state index contributed by atoms with van der Waals surface area (Å²) >= 11 is 5.86. The third kappa shape index (κ3) is 4.78. The van der Waals surface area contributed by atoms with E-state index in [1.54, 1.807) is 24.3 Å². The lowest BCUT2D eigenvalue weighted by molar-refractivity contribution is -0.118. The Morgan fingerprint density at radius 2 is 1.95 bits per heavy atom. The molecular weight excluding hydrogens is 298 g/mol. The molecule has 4 heteroatoms. The smallest absolute Gasteiger partial charge is 0.262 e. The largest absolute Gasteiger partial charge is 0.484 e. The van der Waals surface area contributed by atoms with Crippen LogP contribution in [-0.4, -0.2) is 12.5 Å². The highest BCUT2D eigenvalue weighted by atomic mass is 35.5. The summed E-state index contributed by atoms with van der Waals surface area (Å²) in [5, 5.41) is 3.40. The molecule has 116 valence electrons. The van der Waals surface area contributed by atoms with Crippen LogP contribution >= 0.6 is 11.6 Å². The third-order valence-corrected chi connectivity index (χ3v) is 3.78. The van der Waals surface area contributed by atoms with Gasteiger partial charge in [-0.25, -0.2) is 0 Å². The zero-order valence-electron chi connectivity index (χ0n) is 12.8. The number of halogens is 1. The highest BCUT2D eigenvalue weighted by Crippen LogP contribution is 2.20. The standard InChI is InChI=1S/C18H20ClNO2/c1-3-13(2)14-7-9-16(10-8-14)20-18(21)12-22-17-6-4-5-15(19)11-17/h4-11,13H,3,12H2,1-2H3,(H,20,21)/t13-/m1/s1. The normalized spacial score (nSPS) is 11.8. The number of hydrogen-bond acceptors (Lipinski definition) is 2. The van der Waals surface area contributed by atoms with E-state index in [2.05, 4.69) is 19.2 Å². The van der Waals surface area contributed by atoms with Gasteiger partial charge >= 0.3 is 0 Å². The van der Waals surface area contributed by atoms with Gasteiger partial charge in [0.2, 0.25) is 0 Å². The van der Waals surface area contributed by atoms with Crippen LogP contribution in [0.25, 0.3) is 0 Å². The minimum atomic E-state index is -0.198. The van der Waals surface area contributed by atoms with Crippen LogP contribution in [0.2, 0.25) is 5.02 Å². The molecule has 2 rings (SSSR count). The molecule has 0 unspecified atom stereocenters. The summed E-state index contributed by atoms with van der Waals surface area (Å²) in [4.78, 5) is 11.9. The van der Waals surface area contributed by atoms with Crippen LogP contribution in [0.4, 0.5) is 5.69 Å². The van der Waals surface area contributed by atoms with E-state index in [1.165, 1.54) is 5.56 Å². The van der Waals surface area contributed by atoms with E-state index in [0.717, 1.165) is 12.1 Å². The molecule has 3 nitrogen and oxygen atoms in total. The number of carbonyl (C=O) groups is 1. The molecule has 0 saturated heterocycles. The molecule has 1 amide bonds. The first-order chi connectivity index (χ1) is 10.6. The number of nitrogens with one attached hydrogen (secondary N) is 1. The van der Waals surface area contributed by atoms with E-state index < -0.39 is 0 Å². The molecule has 2 aromatic carbocycles. The van der Waals surface area contributed by atoms with Crippen molar-refractivity contribution < 1.29 is 9.53 Å². The van der Waals surface area contributed by atoms with Crippen LogP contribution in [0.1, 0.15) is 31.7 Å². The molecule has 22 heavy (non-hydrogen) atoms. The number of carbonyl (C=O) groups excluding carboxylic acids is 1. The molecule has 0 spiro atoms. The topological polar surface area (TPSA) is 38.3 Å². The molecule has 2 aromatic rings. The fourth-order valence-corrected chi connectivity index (χ4v) is 2.21. The zero-order chi connectivity index (χ0) is 15.9. The fourth-order valence-electron chi connectivity index (χ4n) is 2.03. The molecule has 0 aliphatic rings. The van der Waals surface area contributed by atoms with Crippen LogP contribution in [0.3, 0.4) is 0 Å². The van der Waals surface area contributed by atoms with Crippen LogP contribution < -0.4 is 10.1 Å². The Balaban J connectivity index is 1.86. The van der Waals surface area contributed by atoms with E-state index in [0.29, 0.717) is 16.7 Å². The second kappa shape index (κ2) is 7.85. The summed E-state index contributed by atoms with van der Waals surface area (Å²) in [6.45, 7) is 4.30. The van der Waals surface area contributed by atoms with E-state index in [1.807, 2.05) is 24.3 Å². The minimum Gasteiger partial charge on any atom is -0.484 e. The number of benzene rings is 2. The third-order valence-electron chi connectivity index (χ3n) is 3.54. The second-order valence-corrected chi connectivity index (χ2v) is 5.66. The zero-order valence-corrected chi connectivity index (χ0v) is 13.6. The number of anilines is 1. The molecule has 0 bridgehead atoms. The van der Waals surface area contributed by atoms with Crippen molar-refractivity contribution in [1.29, 1.82) is 0 Å². The summed E-state index contributed by atoms with van der Waals surface area (Å²) in [6, 6.07) is 14.9. The van der Waals surface area contributed by atoms with Gasteiger partial charge in [0.05, 0.1) is 0 Å². The number of hydrogen-bond donors (Lipinski definition) is 1. The minimum absolute atomic E-state index is 0.0482. The molecular formula is C18H20ClNO2. The first-order valence-corrected chi connectivity index (χ1v) is 7.74. The quantitative estimate of drug-likeness (QED) is 0.825. The number of amides is 1. The Morgan fingerprint density at radius 1 is 1.23 bits per heavy atom. The van der Waals surface area contributed by atoms with Crippen molar-refractivity contribution in [3.05, 3.63) is 59.1 Å². The van der Waals surface area contributed by atoms with Crippen LogP contribution in [0.15, 0.2) is 48.5 Å². The lowest BCUT2D eigenvalue weighted by Gasteiger charge is -2.11. The predicted molar refractivity (Wildman–Crippen MR) is 90.7 cm³/mol. The summed E-state index contributed by atoms with van der Waals surface area (Å²) < 4.78 is 5.40. The van der Waals surface area contributed by atoms with Gasteiger partial charge in [-0.1, -0.05) is 43.6 Å². The van der Waals surface area contributed by atoms with Crippen molar-refractivity contribution in [3.63, 3.8) is 0 Å². The van der Waals surface area contributed by atoms with Gasteiger partial charge < -0.3 is 10.1 Å². The van der Waals surface area contributed by atoms with E-state index in [4.69, 9.17) is 16.3 Å². The second-order valence-electron chi connectivity index (χ2n) is 5.23. The van der Waals surface area contributed by atoms with Gasteiger partial charge in [-0.05, 0) is 48.2 Å². The van der Waals surface area contributed by atoms with Gasteiger partial charge in [0.15, 0.2) is 6.61 Å². The molecule has 1 N–H and O–H groups in total. The molecule has 0 aromatic heterocycles. The molecule has 0 radical (unpaired) electrons. The first-order valence-electron chi connectivity index (χ1n) is 7.36. The molecule has 0 heterocycles. The van der Waals surface area contributed by atoms with Gasteiger partial charge in [-0.2, -0.15) is 0 Å². The Bertz CT molecular complexity index is 625. The number of rotatable bonds is 6.